The Bertz CT molecular complexity index is 1200. The zero-order valence-corrected chi connectivity index (χ0v) is 18.4. The molecule has 2 amide bonds. The molecule has 0 radical (unpaired) electrons. The molecule has 8 nitrogen and oxygen atoms in total. The van der Waals surface area contributed by atoms with E-state index in [2.05, 4.69) is 10.6 Å². The van der Waals surface area contributed by atoms with E-state index in [1.807, 2.05) is 6.07 Å². The number of hydrogen-bond donors (Lipinski definition) is 3. The first-order valence-electron chi connectivity index (χ1n) is 10.3. The minimum atomic E-state index is -3.85. The summed E-state index contributed by atoms with van der Waals surface area (Å²) in [6.07, 6.45) is 3.87. The molecule has 4 rings (SSSR count). The van der Waals surface area contributed by atoms with Gasteiger partial charge in [-0.2, -0.15) is 0 Å². The van der Waals surface area contributed by atoms with Gasteiger partial charge < -0.3 is 20.5 Å². The molecule has 0 spiro atoms. The molecular weight excluding hydrogens is 432 g/mol. The maximum Gasteiger partial charge on any atom is 0.338 e. The number of carbonyl (C=O) groups is 2. The van der Waals surface area contributed by atoms with E-state index >= 15 is 0 Å². The Morgan fingerprint density at radius 3 is 2.47 bits per heavy atom. The van der Waals surface area contributed by atoms with E-state index in [1.54, 1.807) is 24.3 Å². The fourth-order valence-electron chi connectivity index (χ4n) is 4.18. The van der Waals surface area contributed by atoms with Gasteiger partial charge in [0.2, 0.25) is 0 Å². The number of rotatable bonds is 5. The number of hydrogen-bond acceptors (Lipinski definition) is 6. The van der Waals surface area contributed by atoms with Crippen molar-refractivity contribution in [1.82, 2.24) is 10.6 Å². The van der Waals surface area contributed by atoms with Crippen molar-refractivity contribution in [2.75, 3.05) is 12.9 Å². The van der Waals surface area contributed by atoms with Gasteiger partial charge in [-0.3, -0.25) is 0 Å². The van der Waals surface area contributed by atoms with Crippen LogP contribution in [0.25, 0.3) is 0 Å². The van der Waals surface area contributed by atoms with E-state index in [9.17, 15) is 23.1 Å². The van der Waals surface area contributed by atoms with Crippen LogP contribution in [0.15, 0.2) is 58.6 Å². The van der Waals surface area contributed by atoms with E-state index in [0.29, 0.717) is 5.56 Å². The molecule has 1 heterocycles. The number of carbonyl (C=O) groups excluding carboxylic acids is 2. The molecule has 1 aliphatic heterocycles. The zero-order valence-electron chi connectivity index (χ0n) is 17.6. The van der Waals surface area contributed by atoms with Gasteiger partial charge in [0.15, 0.2) is 9.84 Å². The molecule has 0 aromatic heterocycles. The molecule has 1 aliphatic carbocycles. The lowest BCUT2D eigenvalue weighted by atomic mass is 9.92. The van der Waals surface area contributed by atoms with Crippen LogP contribution in [-0.4, -0.2) is 38.4 Å². The summed E-state index contributed by atoms with van der Waals surface area (Å²) in [5, 5.41) is 14.7. The lowest BCUT2D eigenvalue weighted by Crippen LogP contribution is -2.47. The average molecular weight is 457 g/mol. The fourth-order valence-corrected chi connectivity index (χ4v) is 5.55. The van der Waals surface area contributed by atoms with Crippen molar-refractivity contribution in [1.29, 1.82) is 0 Å². The van der Waals surface area contributed by atoms with E-state index in [0.717, 1.165) is 36.8 Å². The number of phenolic OH excluding ortho intramolecular Hbond substituents is 1. The van der Waals surface area contributed by atoms with E-state index in [1.165, 1.54) is 19.2 Å². The highest BCUT2D eigenvalue weighted by Crippen LogP contribution is 2.31. The maximum absolute atomic E-state index is 13.2. The predicted molar refractivity (Wildman–Crippen MR) is 117 cm³/mol. The second-order valence-corrected chi connectivity index (χ2v) is 9.89. The topological polar surface area (TPSA) is 122 Å². The molecule has 32 heavy (non-hydrogen) atoms. The van der Waals surface area contributed by atoms with Gasteiger partial charge in [-0.05, 0) is 66.6 Å². The Hall–Kier alpha value is -3.33. The summed E-state index contributed by atoms with van der Waals surface area (Å²) in [6, 6.07) is 9.49. The van der Waals surface area contributed by atoms with Crippen molar-refractivity contribution in [2.45, 2.75) is 36.6 Å². The van der Waals surface area contributed by atoms with Gasteiger partial charge in [0, 0.05) is 5.70 Å². The minimum Gasteiger partial charge on any atom is -0.508 e. The molecule has 3 N–H and O–H groups in total. The number of ether oxygens (including phenoxy) is 1. The highest BCUT2D eigenvalue weighted by Gasteiger charge is 2.35. The molecule has 9 heteroatoms. The number of phenols is 1. The number of amides is 2. The summed E-state index contributed by atoms with van der Waals surface area (Å²) < 4.78 is 31.4. The monoisotopic (exact) mass is 456 g/mol. The second-order valence-electron chi connectivity index (χ2n) is 7.90. The summed E-state index contributed by atoms with van der Waals surface area (Å²) >= 11 is 0. The summed E-state index contributed by atoms with van der Waals surface area (Å²) in [4.78, 5) is 25.1. The van der Waals surface area contributed by atoms with Crippen LogP contribution in [0.1, 0.15) is 35.6 Å². The van der Waals surface area contributed by atoms with Gasteiger partial charge in [-0.25, -0.2) is 18.0 Å². The number of methoxy groups -OCH3 is 1. The number of esters is 1. The third-order valence-corrected chi connectivity index (χ3v) is 7.44. The molecule has 1 atom stereocenters. The number of nitrogens with one attached hydrogen (secondary N) is 2. The maximum atomic E-state index is 13.2. The highest BCUT2D eigenvalue weighted by atomic mass is 32.2. The number of aromatic hydroxyl groups is 1. The Morgan fingerprint density at radius 1 is 1.09 bits per heavy atom. The molecule has 0 bridgehead atoms. The Kier molecular flexibility index (Phi) is 5.92. The highest BCUT2D eigenvalue weighted by molar-refractivity contribution is 7.91. The van der Waals surface area contributed by atoms with Crippen LogP contribution in [0, 0.1) is 0 Å². The van der Waals surface area contributed by atoms with Crippen molar-refractivity contribution in [2.24, 2.45) is 0 Å². The molecule has 2 aliphatic rings. The van der Waals surface area contributed by atoms with Gasteiger partial charge >= 0.3 is 12.0 Å². The van der Waals surface area contributed by atoms with Crippen molar-refractivity contribution < 1.29 is 27.9 Å². The fraction of sp³-hybridized carbons (Fsp3) is 0.304. The Balaban J connectivity index is 1.75. The van der Waals surface area contributed by atoms with Crippen LogP contribution in [0.3, 0.4) is 0 Å². The molecule has 0 saturated carbocycles. The molecular formula is C23H24N2O6S. The van der Waals surface area contributed by atoms with Gasteiger partial charge in [0.25, 0.3) is 0 Å². The Morgan fingerprint density at radius 2 is 1.78 bits per heavy atom. The first-order chi connectivity index (χ1) is 15.3. The van der Waals surface area contributed by atoms with Gasteiger partial charge in [0.05, 0.1) is 29.4 Å². The van der Waals surface area contributed by atoms with E-state index < -0.39 is 33.6 Å². The van der Waals surface area contributed by atoms with Crippen molar-refractivity contribution in [3.8, 4) is 5.75 Å². The lowest BCUT2D eigenvalue weighted by molar-refractivity contribution is -0.136. The predicted octanol–water partition coefficient (Wildman–Crippen LogP) is 2.53. The van der Waals surface area contributed by atoms with Crippen LogP contribution < -0.4 is 10.6 Å². The van der Waals surface area contributed by atoms with Crippen LogP contribution >= 0.6 is 0 Å². The molecule has 0 saturated heterocycles. The summed E-state index contributed by atoms with van der Waals surface area (Å²) in [7, 11) is -2.66. The standard InChI is InChI=1S/C23H24N2O6S/c1-31-22(27)20-19(24-23(28)25-21(20)15-6-9-17(26)10-7-15)13-32(29,30)18-11-8-14-4-2-3-5-16(14)12-18/h6-12,21,26H,2-5,13H2,1H3,(H2,24,25,28)/t21-/m0/s1. The molecule has 2 aromatic carbocycles. The number of sulfone groups is 1. The summed E-state index contributed by atoms with van der Waals surface area (Å²) in [6.45, 7) is 0. The first-order valence-corrected chi connectivity index (χ1v) is 12.0. The van der Waals surface area contributed by atoms with Crippen LogP contribution in [-0.2, 0) is 32.2 Å². The number of aryl methyl sites for hydroxylation is 2. The van der Waals surface area contributed by atoms with Gasteiger partial charge in [-0.1, -0.05) is 18.2 Å². The van der Waals surface area contributed by atoms with Gasteiger partial charge in [-0.15, -0.1) is 0 Å². The van der Waals surface area contributed by atoms with Crippen LogP contribution in [0.4, 0.5) is 4.79 Å². The first kappa shape index (κ1) is 21.9. The number of fused-ring (bicyclic) bond motifs is 1. The average Bonchev–Trinajstić information content (AvgIpc) is 2.78. The van der Waals surface area contributed by atoms with E-state index in [4.69, 9.17) is 4.74 Å². The van der Waals surface area contributed by atoms with Crippen LogP contribution in [0.2, 0.25) is 0 Å². The minimum absolute atomic E-state index is 0.000625. The number of benzene rings is 2. The molecule has 0 unspecified atom stereocenters. The van der Waals surface area contributed by atoms with Crippen molar-refractivity contribution in [3.63, 3.8) is 0 Å². The van der Waals surface area contributed by atoms with E-state index in [-0.39, 0.29) is 21.9 Å². The summed E-state index contributed by atoms with van der Waals surface area (Å²) in [5.41, 5.74) is 2.65. The normalized spacial score (nSPS) is 18.4. The Labute approximate surface area is 186 Å². The quantitative estimate of drug-likeness (QED) is 0.595. The van der Waals surface area contributed by atoms with Crippen LogP contribution in [0.5, 0.6) is 5.75 Å². The van der Waals surface area contributed by atoms with Crippen molar-refractivity contribution in [3.05, 3.63) is 70.4 Å². The third-order valence-electron chi connectivity index (χ3n) is 5.80. The van der Waals surface area contributed by atoms with Gasteiger partial charge in [0.1, 0.15) is 5.75 Å². The second kappa shape index (κ2) is 8.66. The lowest BCUT2D eigenvalue weighted by Gasteiger charge is -2.29. The molecule has 168 valence electrons. The largest absolute Gasteiger partial charge is 0.508 e. The van der Waals surface area contributed by atoms with Crippen molar-refractivity contribution >= 4 is 21.8 Å². The smallest absolute Gasteiger partial charge is 0.338 e. The SMILES string of the molecule is COC(=O)C1=C(CS(=O)(=O)c2ccc3c(c2)CCCC3)NC(=O)N[C@H]1c1ccc(O)cc1. The molecule has 0 fully saturated rings. The number of urea groups is 1. The summed E-state index contributed by atoms with van der Waals surface area (Å²) in [5.74, 6) is -1.29. The molecule has 2 aromatic rings. The third kappa shape index (κ3) is 4.34. The zero-order chi connectivity index (χ0) is 22.9.